The van der Waals surface area contributed by atoms with E-state index in [9.17, 15) is 4.79 Å². The largest absolute Gasteiger partial charge is 0.383 e. The van der Waals surface area contributed by atoms with Gasteiger partial charge in [0.1, 0.15) is 5.82 Å². The summed E-state index contributed by atoms with van der Waals surface area (Å²) in [4.78, 5) is 19.3. The Kier molecular flexibility index (Phi) is 4.24. The highest BCUT2D eigenvalue weighted by molar-refractivity contribution is 5.96. The monoisotopic (exact) mass is 335 g/mol. The van der Waals surface area contributed by atoms with Crippen LogP contribution in [-0.2, 0) is 16.1 Å². The number of nitrogens with zero attached hydrogens (tertiary/aromatic N) is 3. The molecule has 25 heavy (non-hydrogen) atoms. The van der Waals surface area contributed by atoms with Crippen molar-refractivity contribution in [1.82, 2.24) is 9.55 Å². The van der Waals surface area contributed by atoms with Gasteiger partial charge in [0, 0.05) is 38.2 Å². The number of anilines is 1. The second-order valence-electron chi connectivity index (χ2n) is 6.34. The number of ether oxygens (including phenoxy) is 1. The Hall–Kier alpha value is -2.66. The first-order valence-corrected chi connectivity index (χ1v) is 8.57. The summed E-state index contributed by atoms with van der Waals surface area (Å²) < 4.78 is 7.47. The smallest absolute Gasteiger partial charge is 0.227 e. The summed E-state index contributed by atoms with van der Waals surface area (Å²) in [7, 11) is 1.70. The van der Waals surface area contributed by atoms with Gasteiger partial charge in [-0.05, 0) is 24.3 Å². The van der Waals surface area contributed by atoms with E-state index in [4.69, 9.17) is 9.72 Å². The average Bonchev–Trinajstić information content (AvgIpc) is 3.21. The number of hydrogen-bond acceptors (Lipinski definition) is 3. The predicted molar refractivity (Wildman–Crippen MR) is 97.8 cm³/mol. The van der Waals surface area contributed by atoms with Crippen LogP contribution < -0.4 is 4.90 Å². The third-order valence-corrected chi connectivity index (χ3v) is 4.76. The molecule has 1 amide bonds. The molecule has 2 heterocycles. The van der Waals surface area contributed by atoms with Crippen LogP contribution in [0.1, 0.15) is 18.2 Å². The number of hydrogen-bond donors (Lipinski definition) is 0. The summed E-state index contributed by atoms with van der Waals surface area (Å²) in [5.41, 5.74) is 3.02. The normalized spacial score (nSPS) is 17.6. The number of carbonyl (C=O) groups excluding carboxylic acids is 1. The number of carbonyl (C=O) groups is 1. The Bertz CT molecular complexity index is 888. The van der Waals surface area contributed by atoms with E-state index in [0.29, 0.717) is 19.6 Å². The highest BCUT2D eigenvalue weighted by atomic mass is 16.5. The second-order valence-corrected chi connectivity index (χ2v) is 6.34. The van der Waals surface area contributed by atoms with E-state index in [0.717, 1.165) is 29.1 Å². The number of fused-ring (bicyclic) bond motifs is 1. The number of para-hydroxylation sites is 3. The number of amides is 1. The minimum Gasteiger partial charge on any atom is -0.383 e. The summed E-state index contributed by atoms with van der Waals surface area (Å²) >= 11 is 0. The molecule has 0 N–H and O–H groups in total. The number of imidazole rings is 1. The number of benzene rings is 2. The molecule has 0 unspecified atom stereocenters. The maximum Gasteiger partial charge on any atom is 0.227 e. The van der Waals surface area contributed by atoms with Crippen molar-refractivity contribution in [3.8, 4) is 0 Å². The molecule has 4 rings (SSSR count). The van der Waals surface area contributed by atoms with Crippen molar-refractivity contribution in [2.75, 3.05) is 25.2 Å². The molecule has 1 fully saturated rings. The lowest BCUT2D eigenvalue weighted by atomic mass is 10.1. The van der Waals surface area contributed by atoms with Crippen LogP contribution in [0.2, 0.25) is 0 Å². The van der Waals surface area contributed by atoms with Crippen LogP contribution >= 0.6 is 0 Å². The van der Waals surface area contributed by atoms with Crippen LogP contribution in [0, 0.1) is 0 Å². The fraction of sp³-hybridized carbons (Fsp3) is 0.300. The van der Waals surface area contributed by atoms with E-state index < -0.39 is 0 Å². The molecule has 1 saturated heterocycles. The minimum absolute atomic E-state index is 0.0944. The Morgan fingerprint density at radius 2 is 1.88 bits per heavy atom. The first kappa shape index (κ1) is 15.8. The van der Waals surface area contributed by atoms with Crippen LogP contribution in [0.25, 0.3) is 11.0 Å². The van der Waals surface area contributed by atoms with Crippen molar-refractivity contribution < 1.29 is 9.53 Å². The second kappa shape index (κ2) is 6.69. The Balaban J connectivity index is 1.69. The minimum atomic E-state index is 0.0944. The van der Waals surface area contributed by atoms with Gasteiger partial charge in [0.15, 0.2) is 0 Å². The van der Waals surface area contributed by atoms with E-state index in [-0.39, 0.29) is 11.8 Å². The summed E-state index contributed by atoms with van der Waals surface area (Å²) in [5, 5.41) is 0. The topological polar surface area (TPSA) is 47.4 Å². The van der Waals surface area contributed by atoms with Crippen LogP contribution in [-0.4, -0.2) is 35.7 Å². The zero-order valence-corrected chi connectivity index (χ0v) is 14.3. The number of rotatable bonds is 5. The molecule has 5 heteroatoms. The van der Waals surface area contributed by atoms with Crippen molar-refractivity contribution in [2.45, 2.75) is 18.9 Å². The standard InChI is InChI=1S/C20H21N3O2/c1-25-12-11-22-18-10-6-5-9-17(18)21-20(22)15-13-19(24)23(14-15)16-7-3-2-4-8-16/h2-10,15H,11-14H2,1H3/t15-/m0/s1. The molecule has 1 aromatic heterocycles. The predicted octanol–water partition coefficient (Wildman–Crippen LogP) is 3.20. The van der Waals surface area contributed by atoms with Gasteiger partial charge in [0.05, 0.1) is 17.6 Å². The molecule has 128 valence electrons. The van der Waals surface area contributed by atoms with Crippen LogP contribution in [0.3, 0.4) is 0 Å². The molecule has 0 bridgehead atoms. The lowest BCUT2D eigenvalue weighted by Gasteiger charge is -2.17. The third-order valence-electron chi connectivity index (χ3n) is 4.76. The summed E-state index contributed by atoms with van der Waals surface area (Å²) in [6, 6.07) is 18.0. The summed E-state index contributed by atoms with van der Waals surface area (Å²) in [6.45, 7) is 2.03. The third kappa shape index (κ3) is 2.91. The Morgan fingerprint density at radius 3 is 2.68 bits per heavy atom. The highest BCUT2D eigenvalue weighted by Crippen LogP contribution is 2.33. The lowest BCUT2D eigenvalue weighted by Crippen LogP contribution is -2.24. The molecule has 1 aliphatic rings. The quantitative estimate of drug-likeness (QED) is 0.719. The van der Waals surface area contributed by atoms with Gasteiger partial charge in [-0.2, -0.15) is 0 Å². The molecule has 1 aliphatic heterocycles. The van der Waals surface area contributed by atoms with Gasteiger partial charge in [0.2, 0.25) is 5.91 Å². The van der Waals surface area contributed by atoms with Gasteiger partial charge in [-0.1, -0.05) is 30.3 Å². The molecule has 0 aliphatic carbocycles. The van der Waals surface area contributed by atoms with Crippen molar-refractivity contribution in [1.29, 1.82) is 0 Å². The van der Waals surface area contributed by atoms with Crippen molar-refractivity contribution >= 4 is 22.6 Å². The van der Waals surface area contributed by atoms with Gasteiger partial charge >= 0.3 is 0 Å². The average molecular weight is 335 g/mol. The van der Waals surface area contributed by atoms with Crippen molar-refractivity contribution in [3.05, 3.63) is 60.4 Å². The first-order chi connectivity index (χ1) is 12.3. The highest BCUT2D eigenvalue weighted by Gasteiger charge is 2.34. The maximum absolute atomic E-state index is 12.6. The molecular weight excluding hydrogens is 314 g/mol. The molecular formula is C20H21N3O2. The van der Waals surface area contributed by atoms with Gasteiger partial charge in [-0.25, -0.2) is 4.98 Å². The fourth-order valence-corrected chi connectivity index (χ4v) is 3.56. The van der Waals surface area contributed by atoms with Gasteiger partial charge in [-0.15, -0.1) is 0 Å². The number of methoxy groups -OCH3 is 1. The molecule has 3 aromatic rings. The van der Waals surface area contributed by atoms with E-state index in [1.807, 2.05) is 53.4 Å². The van der Waals surface area contributed by atoms with Crippen LogP contribution in [0.15, 0.2) is 54.6 Å². The maximum atomic E-state index is 12.6. The van der Waals surface area contributed by atoms with Crippen LogP contribution in [0.5, 0.6) is 0 Å². The van der Waals surface area contributed by atoms with Crippen LogP contribution in [0.4, 0.5) is 5.69 Å². The van der Waals surface area contributed by atoms with Gasteiger partial charge in [0.25, 0.3) is 0 Å². The van der Waals surface area contributed by atoms with Gasteiger partial charge < -0.3 is 14.2 Å². The van der Waals surface area contributed by atoms with Crippen molar-refractivity contribution in [2.24, 2.45) is 0 Å². The Labute approximate surface area is 146 Å². The SMILES string of the molecule is COCCn1c([C@H]2CC(=O)N(c3ccccc3)C2)nc2ccccc21. The zero-order valence-electron chi connectivity index (χ0n) is 14.3. The van der Waals surface area contributed by atoms with Crippen molar-refractivity contribution in [3.63, 3.8) is 0 Å². The van der Waals surface area contributed by atoms with E-state index >= 15 is 0 Å². The zero-order chi connectivity index (χ0) is 17.2. The van der Waals surface area contributed by atoms with E-state index in [2.05, 4.69) is 10.6 Å². The summed E-state index contributed by atoms with van der Waals surface area (Å²) in [6.07, 6.45) is 0.491. The molecule has 1 atom stereocenters. The Morgan fingerprint density at radius 1 is 1.12 bits per heavy atom. The lowest BCUT2D eigenvalue weighted by molar-refractivity contribution is -0.117. The van der Waals surface area contributed by atoms with Gasteiger partial charge in [-0.3, -0.25) is 4.79 Å². The summed E-state index contributed by atoms with van der Waals surface area (Å²) in [5.74, 6) is 1.23. The first-order valence-electron chi connectivity index (χ1n) is 8.57. The molecule has 0 radical (unpaired) electrons. The molecule has 5 nitrogen and oxygen atoms in total. The molecule has 0 spiro atoms. The fourth-order valence-electron chi connectivity index (χ4n) is 3.56. The van der Waals surface area contributed by atoms with E-state index in [1.54, 1.807) is 7.11 Å². The molecule has 2 aromatic carbocycles. The number of aromatic nitrogens is 2. The molecule has 0 saturated carbocycles. The van der Waals surface area contributed by atoms with E-state index in [1.165, 1.54) is 0 Å².